The van der Waals surface area contributed by atoms with Gasteiger partial charge in [0.2, 0.25) is 0 Å². The van der Waals surface area contributed by atoms with Gasteiger partial charge in [0.1, 0.15) is 5.82 Å². The number of halogens is 1. The highest BCUT2D eigenvalue weighted by atomic mass is 19.1. The highest BCUT2D eigenvalue weighted by molar-refractivity contribution is 5.21. The van der Waals surface area contributed by atoms with Gasteiger partial charge >= 0.3 is 0 Å². The molecular weight excluding hydrogens is 175 g/mol. The van der Waals surface area contributed by atoms with Gasteiger partial charge in [-0.2, -0.15) is 0 Å². The van der Waals surface area contributed by atoms with Gasteiger partial charge in [0.05, 0.1) is 0 Å². The van der Waals surface area contributed by atoms with E-state index < -0.39 is 0 Å². The lowest BCUT2D eigenvalue weighted by atomic mass is 9.79. The Kier molecular flexibility index (Phi) is 2.85. The van der Waals surface area contributed by atoms with Crippen molar-refractivity contribution in [1.29, 1.82) is 0 Å². The van der Waals surface area contributed by atoms with Gasteiger partial charge in [-0.15, -0.1) is 0 Å². The van der Waals surface area contributed by atoms with Crippen LogP contribution in [0.1, 0.15) is 37.7 Å². The predicted octanol–water partition coefficient (Wildman–Crippen LogP) is 3.93. The van der Waals surface area contributed by atoms with Crippen LogP contribution in [-0.4, -0.2) is 0 Å². The third kappa shape index (κ3) is 2.14. The van der Waals surface area contributed by atoms with E-state index in [0.717, 1.165) is 12.3 Å². The molecule has 0 amide bonds. The zero-order valence-electron chi connectivity index (χ0n) is 8.54. The van der Waals surface area contributed by atoms with Crippen molar-refractivity contribution < 1.29 is 4.39 Å². The largest absolute Gasteiger partial charge is 0.207 e. The third-order valence-electron chi connectivity index (χ3n) is 3.05. The fourth-order valence-electron chi connectivity index (χ4n) is 2.27. The van der Waals surface area contributed by atoms with Crippen molar-refractivity contribution in [1.82, 2.24) is 0 Å². The van der Waals surface area contributed by atoms with E-state index in [1.807, 2.05) is 12.1 Å². The van der Waals surface area contributed by atoms with Crippen molar-refractivity contribution in [2.75, 3.05) is 0 Å². The first-order valence-electron chi connectivity index (χ1n) is 5.33. The second-order valence-electron chi connectivity index (χ2n) is 4.35. The summed E-state index contributed by atoms with van der Waals surface area (Å²) < 4.78 is 12.7. The SMILES string of the molecule is CC1C[CH]CC(c2ccc(F)cc2)C1. The van der Waals surface area contributed by atoms with Gasteiger partial charge in [0.15, 0.2) is 0 Å². The molecule has 0 heterocycles. The third-order valence-corrected chi connectivity index (χ3v) is 3.05. The molecule has 0 aliphatic heterocycles. The predicted molar refractivity (Wildman–Crippen MR) is 56.5 cm³/mol. The molecule has 1 aromatic rings. The molecule has 75 valence electrons. The van der Waals surface area contributed by atoms with Crippen LogP contribution < -0.4 is 0 Å². The van der Waals surface area contributed by atoms with Crippen LogP contribution >= 0.6 is 0 Å². The Balaban J connectivity index is 2.10. The Labute approximate surface area is 85.1 Å². The molecule has 2 unspecified atom stereocenters. The summed E-state index contributed by atoms with van der Waals surface area (Å²) in [6, 6.07) is 6.97. The summed E-state index contributed by atoms with van der Waals surface area (Å²) in [5.41, 5.74) is 1.29. The van der Waals surface area contributed by atoms with Crippen LogP contribution in [0.15, 0.2) is 24.3 Å². The van der Waals surface area contributed by atoms with Crippen LogP contribution in [0, 0.1) is 18.2 Å². The zero-order valence-corrected chi connectivity index (χ0v) is 8.54. The number of hydrogen-bond donors (Lipinski definition) is 0. The average molecular weight is 191 g/mol. The van der Waals surface area contributed by atoms with Gasteiger partial charge in [0, 0.05) is 0 Å². The molecule has 0 saturated heterocycles. The second kappa shape index (κ2) is 4.12. The number of benzene rings is 1. The Bertz CT molecular complexity index is 289. The molecule has 0 bridgehead atoms. The fourth-order valence-corrected chi connectivity index (χ4v) is 2.27. The van der Waals surface area contributed by atoms with Gasteiger partial charge < -0.3 is 0 Å². The van der Waals surface area contributed by atoms with Crippen LogP contribution in [0.3, 0.4) is 0 Å². The molecule has 1 radical (unpaired) electrons. The monoisotopic (exact) mass is 191 g/mol. The normalized spacial score (nSPS) is 27.6. The first-order chi connectivity index (χ1) is 6.75. The molecular formula is C13H16F. The molecule has 0 nitrogen and oxygen atoms in total. The highest BCUT2D eigenvalue weighted by Gasteiger charge is 2.20. The van der Waals surface area contributed by atoms with E-state index in [-0.39, 0.29) is 5.82 Å². The number of rotatable bonds is 1. The first kappa shape index (κ1) is 9.70. The van der Waals surface area contributed by atoms with E-state index in [1.165, 1.54) is 18.4 Å². The Morgan fingerprint density at radius 3 is 2.50 bits per heavy atom. The smallest absolute Gasteiger partial charge is 0.123 e. The molecule has 1 aromatic carbocycles. The maximum atomic E-state index is 12.7. The van der Waals surface area contributed by atoms with Gasteiger partial charge in [-0.05, 0) is 55.2 Å². The van der Waals surface area contributed by atoms with Gasteiger partial charge in [-0.25, -0.2) is 4.39 Å². The highest BCUT2D eigenvalue weighted by Crippen LogP contribution is 2.35. The Morgan fingerprint density at radius 1 is 1.14 bits per heavy atom. The van der Waals surface area contributed by atoms with Crippen LogP contribution in [0.4, 0.5) is 4.39 Å². The second-order valence-corrected chi connectivity index (χ2v) is 4.35. The summed E-state index contributed by atoms with van der Waals surface area (Å²) in [5.74, 6) is 1.25. The van der Waals surface area contributed by atoms with Gasteiger partial charge in [0.25, 0.3) is 0 Å². The maximum absolute atomic E-state index is 12.7. The van der Waals surface area contributed by atoms with Crippen molar-refractivity contribution >= 4 is 0 Å². The molecule has 1 saturated carbocycles. The van der Waals surface area contributed by atoms with Crippen molar-refractivity contribution in [3.63, 3.8) is 0 Å². The van der Waals surface area contributed by atoms with E-state index in [0.29, 0.717) is 5.92 Å². The van der Waals surface area contributed by atoms with E-state index in [9.17, 15) is 4.39 Å². The molecule has 0 spiro atoms. The summed E-state index contributed by atoms with van der Waals surface area (Å²) in [5, 5.41) is 0. The summed E-state index contributed by atoms with van der Waals surface area (Å²) in [6.07, 6.45) is 5.98. The molecule has 2 atom stereocenters. The standard InChI is InChI=1S/C13H16F/c1-10-3-2-4-12(9-10)11-5-7-13(14)8-6-11/h2,5-8,10,12H,3-4,9H2,1H3. The van der Waals surface area contributed by atoms with Gasteiger partial charge in [-0.3, -0.25) is 0 Å². The van der Waals surface area contributed by atoms with Crippen LogP contribution in [0.2, 0.25) is 0 Å². The summed E-state index contributed by atoms with van der Waals surface area (Å²) in [4.78, 5) is 0. The van der Waals surface area contributed by atoms with Gasteiger partial charge in [-0.1, -0.05) is 19.1 Å². The molecule has 1 fully saturated rings. The summed E-state index contributed by atoms with van der Waals surface area (Å²) in [7, 11) is 0. The minimum atomic E-state index is -0.137. The Morgan fingerprint density at radius 2 is 1.86 bits per heavy atom. The minimum Gasteiger partial charge on any atom is -0.207 e. The molecule has 1 heteroatoms. The fraction of sp³-hybridized carbons (Fsp3) is 0.462. The molecule has 14 heavy (non-hydrogen) atoms. The summed E-state index contributed by atoms with van der Waals surface area (Å²) in [6.45, 7) is 2.28. The van der Waals surface area contributed by atoms with Crippen LogP contribution in [0.25, 0.3) is 0 Å². The van der Waals surface area contributed by atoms with Crippen molar-refractivity contribution in [2.24, 2.45) is 5.92 Å². The molecule has 1 aliphatic rings. The lowest BCUT2D eigenvalue weighted by Gasteiger charge is -2.26. The van der Waals surface area contributed by atoms with E-state index in [4.69, 9.17) is 0 Å². The lowest BCUT2D eigenvalue weighted by Crippen LogP contribution is -2.12. The van der Waals surface area contributed by atoms with E-state index >= 15 is 0 Å². The molecule has 0 aromatic heterocycles. The average Bonchev–Trinajstić information content (AvgIpc) is 2.19. The molecule has 0 N–H and O–H groups in total. The Hall–Kier alpha value is -0.850. The lowest BCUT2D eigenvalue weighted by molar-refractivity contribution is 0.401. The quantitative estimate of drug-likeness (QED) is 0.631. The molecule has 1 aliphatic carbocycles. The van der Waals surface area contributed by atoms with Crippen molar-refractivity contribution in [3.05, 3.63) is 42.1 Å². The maximum Gasteiger partial charge on any atom is 0.123 e. The van der Waals surface area contributed by atoms with E-state index in [2.05, 4.69) is 13.3 Å². The molecule has 2 rings (SSSR count). The minimum absolute atomic E-state index is 0.137. The van der Waals surface area contributed by atoms with Crippen molar-refractivity contribution in [2.45, 2.75) is 32.1 Å². The van der Waals surface area contributed by atoms with Crippen LogP contribution in [-0.2, 0) is 0 Å². The van der Waals surface area contributed by atoms with E-state index in [1.54, 1.807) is 12.1 Å². The van der Waals surface area contributed by atoms with Crippen molar-refractivity contribution in [3.8, 4) is 0 Å². The number of hydrogen-bond acceptors (Lipinski definition) is 0. The van der Waals surface area contributed by atoms with Crippen LogP contribution in [0.5, 0.6) is 0 Å². The zero-order chi connectivity index (χ0) is 9.97. The summed E-state index contributed by atoms with van der Waals surface area (Å²) >= 11 is 0. The topological polar surface area (TPSA) is 0 Å². The first-order valence-corrected chi connectivity index (χ1v) is 5.33.